The molecule has 0 spiro atoms. The summed E-state index contributed by atoms with van der Waals surface area (Å²) < 4.78 is 16.2. The molecule has 1 amide bonds. The molecule has 0 aromatic heterocycles. The number of methoxy groups -OCH3 is 2. The molecule has 0 bridgehead atoms. The van der Waals surface area contributed by atoms with Crippen LogP contribution in [0.3, 0.4) is 0 Å². The third-order valence-electron chi connectivity index (χ3n) is 5.44. The lowest BCUT2D eigenvalue weighted by Crippen LogP contribution is -2.50. The van der Waals surface area contributed by atoms with Crippen LogP contribution in [-0.4, -0.2) is 93.3 Å². The first kappa shape index (κ1) is 25.2. The number of hydrogen-bond acceptors (Lipinski definition) is 8. The zero-order valence-electron chi connectivity index (χ0n) is 19.5. The van der Waals surface area contributed by atoms with Crippen LogP contribution in [0.4, 0.5) is 5.69 Å². The van der Waals surface area contributed by atoms with E-state index in [2.05, 4.69) is 15.1 Å². The van der Waals surface area contributed by atoms with Crippen LogP contribution in [-0.2, 0) is 4.79 Å². The molecule has 1 unspecified atom stereocenters. The molecule has 0 radical (unpaired) electrons. The van der Waals surface area contributed by atoms with Gasteiger partial charge in [-0.2, -0.15) is 0 Å². The topological polar surface area (TPSA) is 83.5 Å². The summed E-state index contributed by atoms with van der Waals surface area (Å²) in [4.78, 5) is 18.0. The Morgan fingerprint density at radius 2 is 1.61 bits per heavy atom. The Balaban J connectivity index is 1.37. The highest BCUT2D eigenvalue weighted by molar-refractivity contribution is 7.98. The number of aliphatic hydroxyl groups is 1. The molecule has 8 nitrogen and oxygen atoms in total. The van der Waals surface area contributed by atoms with E-state index in [1.54, 1.807) is 44.2 Å². The molecule has 1 aliphatic heterocycles. The SMILES string of the molecule is COc1cc(NC(=O)CN2CCN(CC(O)COc3ccc(SC)cc3)CC2)cc(OC)c1. The Hall–Kier alpha value is -2.46. The molecule has 1 aliphatic rings. The van der Waals surface area contributed by atoms with Gasteiger partial charge in [0.15, 0.2) is 0 Å². The molecule has 0 saturated carbocycles. The number of rotatable bonds is 11. The van der Waals surface area contributed by atoms with Crippen LogP contribution in [0.15, 0.2) is 47.4 Å². The molecule has 2 N–H and O–H groups in total. The van der Waals surface area contributed by atoms with Crippen LogP contribution >= 0.6 is 11.8 Å². The minimum Gasteiger partial charge on any atom is -0.497 e. The third kappa shape index (κ3) is 8.12. The Bertz CT molecular complexity index is 866. The van der Waals surface area contributed by atoms with Crippen molar-refractivity contribution in [3.63, 3.8) is 0 Å². The van der Waals surface area contributed by atoms with Crippen molar-refractivity contribution in [2.75, 3.05) is 71.7 Å². The minimum atomic E-state index is -0.567. The Morgan fingerprint density at radius 1 is 1.00 bits per heavy atom. The number of amides is 1. The van der Waals surface area contributed by atoms with E-state index >= 15 is 0 Å². The van der Waals surface area contributed by atoms with E-state index in [1.165, 1.54) is 4.90 Å². The van der Waals surface area contributed by atoms with Gasteiger partial charge >= 0.3 is 0 Å². The molecular formula is C24H33N3O5S. The van der Waals surface area contributed by atoms with E-state index in [0.29, 0.717) is 30.3 Å². The molecule has 2 aromatic rings. The Kier molecular flexibility index (Phi) is 9.68. The molecule has 9 heteroatoms. The molecule has 0 aliphatic carbocycles. The number of nitrogens with one attached hydrogen (secondary N) is 1. The van der Waals surface area contributed by atoms with Gasteiger partial charge in [0.25, 0.3) is 0 Å². The Morgan fingerprint density at radius 3 is 2.18 bits per heavy atom. The zero-order valence-corrected chi connectivity index (χ0v) is 20.3. The van der Waals surface area contributed by atoms with Gasteiger partial charge in [0.05, 0.1) is 20.8 Å². The summed E-state index contributed by atoms with van der Waals surface area (Å²) in [6.07, 6.45) is 1.47. The van der Waals surface area contributed by atoms with E-state index in [9.17, 15) is 9.90 Å². The van der Waals surface area contributed by atoms with Gasteiger partial charge in [0, 0.05) is 61.5 Å². The quantitative estimate of drug-likeness (QED) is 0.480. The highest BCUT2D eigenvalue weighted by Crippen LogP contribution is 2.25. The maximum atomic E-state index is 12.5. The first-order valence-corrected chi connectivity index (χ1v) is 12.1. The number of piperazine rings is 1. The fraction of sp³-hybridized carbons (Fsp3) is 0.458. The summed E-state index contributed by atoms with van der Waals surface area (Å²) in [5, 5.41) is 13.3. The lowest BCUT2D eigenvalue weighted by atomic mass is 10.2. The van der Waals surface area contributed by atoms with E-state index in [-0.39, 0.29) is 12.5 Å². The van der Waals surface area contributed by atoms with Crippen molar-refractivity contribution in [2.45, 2.75) is 11.0 Å². The van der Waals surface area contributed by atoms with Crippen molar-refractivity contribution in [2.24, 2.45) is 0 Å². The number of hydrogen-bond donors (Lipinski definition) is 2. The Labute approximate surface area is 199 Å². The van der Waals surface area contributed by atoms with Gasteiger partial charge < -0.3 is 24.6 Å². The van der Waals surface area contributed by atoms with Crippen molar-refractivity contribution in [1.82, 2.24) is 9.80 Å². The molecule has 1 saturated heterocycles. The molecular weight excluding hydrogens is 442 g/mol. The molecule has 3 rings (SSSR count). The number of aliphatic hydroxyl groups excluding tert-OH is 1. The second kappa shape index (κ2) is 12.7. The number of thioether (sulfide) groups is 1. The maximum Gasteiger partial charge on any atom is 0.238 e. The van der Waals surface area contributed by atoms with E-state index in [1.807, 2.05) is 30.5 Å². The van der Waals surface area contributed by atoms with Gasteiger partial charge in [0.1, 0.15) is 30.0 Å². The summed E-state index contributed by atoms with van der Waals surface area (Å²) in [7, 11) is 3.15. The predicted molar refractivity (Wildman–Crippen MR) is 131 cm³/mol. The zero-order chi connectivity index (χ0) is 23.6. The van der Waals surface area contributed by atoms with E-state index in [0.717, 1.165) is 31.9 Å². The fourth-order valence-electron chi connectivity index (χ4n) is 3.63. The normalized spacial score (nSPS) is 15.6. The predicted octanol–water partition coefficient (Wildman–Crippen LogP) is 2.42. The number of ether oxygens (including phenoxy) is 3. The lowest BCUT2D eigenvalue weighted by molar-refractivity contribution is -0.117. The maximum absolute atomic E-state index is 12.5. The first-order chi connectivity index (χ1) is 16.0. The fourth-order valence-corrected chi connectivity index (χ4v) is 4.04. The van der Waals surface area contributed by atoms with Crippen LogP contribution in [0.1, 0.15) is 0 Å². The number of carbonyl (C=O) groups is 1. The molecule has 1 heterocycles. The second-order valence-electron chi connectivity index (χ2n) is 7.87. The summed E-state index contributed by atoms with van der Waals surface area (Å²) in [5.41, 5.74) is 0.640. The highest BCUT2D eigenvalue weighted by Gasteiger charge is 2.21. The van der Waals surface area contributed by atoms with Crippen LogP contribution < -0.4 is 19.5 Å². The number of benzene rings is 2. The smallest absolute Gasteiger partial charge is 0.238 e. The van der Waals surface area contributed by atoms with Crippen molar-refractivity contribution >= 4 is 23.4 Å². The van der Waals surface area contributed by atoms with Crippen molar-refractivity contribution in [3.8, 4) is 17.2 Å². The van der Waals surface area contributed by atoms with Crippen molar-refractivity contribution < 1.29 is 24.1 Å². The average molecular weight is 476 g/mol. The van der Waals surface area contributed by atoms with Crippen LogP contribution in [0, 0.1) is 0 Å². The van der Waals surface area contributed by atoms with Gasteiger partial charge in [-0.05, 0) is 30.5 Å². The van der Waals surface area contributed by atoms with Crippen molar-refractivity contribution in [3.05, 3.63) is 42.5 Å². The van der Waals surface area contributed by atoms with Gasteiger partial charge in [-0.25, -0.2) is 0 Å². The molecule has 1 atom stereocenters. The third-order valence-corrected chi connectivity index (χ3v) is 6.18. The lowest BCUT2D eigenvalue weighted by Gasteiger charge is -2.35. The first-order valence-electron chi connectivity index (χ1n) is 10.9. The summed E-state index contributed by atoms with van der Waals surface area (Å²) in [5.74, 6) is 1.92. The largest absolute Gasteiger partial charge is 0.497 e. The molecule has 2 aromatic carbocycles. The number of β-amino-alcohol motifs (C(OH)–C–C–N with tert-alkyl or cyclic N) is 1. The standard InChI is InChI=1S/C24H33N3O5S/c1-30-21-12-18(13-22(14-21)31-2)25-24(29)16-27-10-8-26(9-11-27)15-19(28)17-32-20-4-6-23(33-3)7-5-20/h4-7,12-14,19,28H,8-11,15-17H2,1-3H3,(H,25,29). The monoisotopic (exact) mass is 475 g/mol. The molecule has 1 fully saturated rings. The molecule has 180 valence electrons. The summed E-state index contributed by atoms with van der Waals surface area (Å²) >= 11 is 1.68. The van der Waals surface area contributed by atoms with Gasteiger partial charge in [-0.3, -0.25) is 14.6 Å². The number of anilines is 1. The number of carbonyl (C=O) groups excluding carboxylic acids is 1. The second-order valence-corrected chi connectivity index (χ2v) is 8.75. The van der Waals surface area contributed by atoms with Crippen molar-refractivity contribution in [1.29, 1.82) is 0 Å². The molecule has 33 heavy (non-hydrogen) atoms. The van der Waals surface area contributed by atoms with Gasteiger partial charge in [-0.1, -0.05) is 0 Å². The minimum absolute atomic E-state index is 0.0836. The van der Waals surface area contributed by atoms with Crippen LogP contribution in [0.2, 0.25) is 0 Å². The summed E-state index contributed by atoms with van der Waals surface area (Å²) in [6.45, 7) is 4.22. The average Bonchev–Trinajstić information content (AvgIpc) is 2.84. The van der Waals surface area contributed by atoms with E-state index < -0.39 is 6.10 Å². The highest BCUT2D eigenvalue weighted by atomic mass is 32.2. The summed E-state index contributed by atoms with van der Waals surface area (Å²) in [6, 6.07) is 13.1. The van der Waals surface area contributed by atoms with Gasteiger partial charge in [0.2, 0.25) is 5.91 Å². The number of nitrogens with zero attached hydrogens (tertiary/aromatic N) is 2. The van der Waals surface area contributed by atoms with E-state index in [4.69, 9.17) is 14.2 Å². The van der Waals surface area contributed by atoms with Gasteiger partial charge in [-0.15, -0.1) is 11.8 Å². The van der Waals surface area contributed by atoms with Crippen LogP contribution in [0.5, 0.6) is 17.2 Å². The van der Waals surface area contributed by atoms with Crippen LogP contribution in [0.25, 0.3) is 0 Å².